The predicted molar refractivity (Wildman–Crippen MR) is 232 cm³/mol. The number of pyridine rings is 1. The number of aromatic nitrogens is 1. The minimum Gasteiger partial charge on any atom is -0.448 e. The van der Waals surface area contributed by atoms with E-state index in [9.17, 15) is 0 Å². The number of benzene rings is 7. The molecule has 11 rings (SSSR count). The number of furan rings is 1. The maximum atomic E-state index is 6.59. The van der Waals surface area contributed by atoms with Crippen molar-refractivity contribution in [3.05, 3.63) is 194 Å². The van der Waals surface area contributed by atoms with Crippen molar-refractivity contribution in [2.45, 2.75) is 0 Å². The lowest BCUT2D eigenvalue weighted by Gasteiger charge is -2.26. The van der Waals surface area contributed by atoms with Gasteiger partial charge in [0.2, 0.25) is 5.71 Å². The second kappa shape index (κ2) is 13.7. The van der Waals surface area contributed by atoms with Gasteiger partial charge in [-0.2, -0.15) is 0 Å². The first kappa shape index (κ1) is 33.0. The van der Waals surface area contributed by atoms with Gasteiger partial charge in [-0.15, -0.1) is 11.3 Å². The van der Waals surface area contributed by atoms with E-state index >= 15 is 0 Å². The molecule has 0 atom stereocenters. The molecule has 270 valence electrons. The normalized spacial score (nSPS) is 11.8. The number of anilines is 3. The Morgan fingerprint density at radius 3 is 1.51 bits per heavy atom. The van der Waals surface area contributed by atoms with Crippen LogP contribution in [0.1, 0.15) is 0 Å². The van der Waals surface area contributed by atoms with E-state index in [2.05, 4.69) is 155 Å². The van der Waals surface area contributed by atoms with Gasteiger partial charge < -0.3 is 18.8 Å². The fraction of sp³-hybridized carbons (Fsp3) is 0. The van der Waals surface area contributed by atoms with Gasteiger partial charge in [0.05, 0.1) is 9.75 Å². The lowest BCUT2D eigenvalue weighted by atomic mass is 10.0. The summed E-state index contributed by atoms with van der Waals surface area (Å²) in [5, 5.41) is 2.08. The highest BCUT2D eigenvalue weighted by molar-refractivity contribution is 7.19. The number of fused-ring (bicyclic) bond motifs is 5. The minimum absolute atomic E-state index is 0.647. The first-order valence-corrected chi connectivity index (χ1v) is 19.7. The molecular formula is C51H32N2O3S. The molecule has 1 aliphatic rings. The Bertz CT molecular complexity index is 3050. The zero-order valence-corrected chi connectivity index (χ0v) is 31.3. The molecule has 0 spiro atoms. The summed E-state index contributed by atoms with van der Waals surface area (Å²) >= 11 is 1.68. The van der Waals surface area contributed by atoms with E-state index in [1.54, 1.807) is 17.5 Å². The van der Waals surface area contributed by atoms with E-state index in [-0.39, 0.29) is 0 Å². The molecule has 0 bridgehead atoms. The Morgan fingerprint density at radius 1 is 0.404 bits per heavy atom. The summed E-state index contributed by atoms with van der Waals surface area (Å²) in [7, 11) is 0. The smallest absolute Gasteiger partial charge is 0.227 e. The van der Waals surface area contributed by atoms with Crippen molar-refractivity contribution < 1.29 is 13.9 Å². The number of thiophene rings is 1. The highest BCUT2D eigenvalue weighted by atomic mass is 32.1. The Kier molecular flexibility index (Phi) is 7.93. The van der Waals surface area contributed by atoms with E-state index in [1.165, 1.54) is 11.1 Å². The Balaban J connectivity index is 0.991. The number of hydrogen-bond acceptors (Lipinski definition) is 6. The molecular weight excluding hydrogens is 721 g/mol. The highest BCUT2D eigenvalue weighted by Gasteiger charge is 2.29. The molecule has 0 aliphatic carbocycles. The molecule has 0 N–H and O–H groups in total. The zero-order valence-electron chi connectivity index (χ0n) is 30.5. The van der Waals surface area contributed by atoms with Crippen molar-refractivity contribution >= 4 is 50.5 Å². The molecule has 0 radical (unpaired) electrons. The van der Waals surface area contributed by atoms with Crippen molar-refractivity contribution in [1.82, 2.24) is 4.98 Å². The first-order chi connectivity index (χ1) is 28.2. The number of nitrogens with zero attached hydrogens (tertiary/aromatic N) is 2. The zero-order chi connectivity index (χ0) is 37.7. The third-order valence-electron chi connectivity index (χ3n) is 10.5. The third kappa shape index (κ3) is 5.82. The SMILES string of the molecule is c1ccc(-c2ccc(N(c3ccc(-c4sc(-c5ccccc5)c5c4Oc4ccccc4O5)cc3)c3ccc(-c4cccc5c4oc4ncccc45)cc3)cc2)cc1. The average Bonchev–Trinajstić information content (AvgIpc) is 3.86. The van der Waals surface area contributed by atoms with Crippen molar-refractivity contribution in [1.29, 1.82) is 0 Å². The van der Waals surface area contributed by atoms with Gasteiger partial charge >= 0.3 is 0 Å². The molecule has 0 unspecified atom stereocenters. The molecule has 10 aromatic rings. The summed E-state index contributed by atoms with van der Waals surface area (Å²) in [6.45, 7) is 0. The summed E-state index contributed by atoms with van der Waals surface area (Å²) < 4.78 is 19.4. The molecule has 3 aromatic heterocycles. The lowest BCUT2D eigenvalue weighted by molar-refractivity contribution is 0.364. The predicted octanol–water partition coefficient (Wildman–Crippen LogP) is 15.1. The van der Waals surface area contributed by atoms with Crippen LogP contribution < -0.4 is 14.4 Å². The van der Waals surface area contributed by atoms with Crippen LogP contribution in [0.15, 0.2) is 199 Å². The van der Waals surface area contributed by atoms with E-state index in [4.69, 9.17) is 13.9 Å². The van der Waals surface area contributed by atoms with Crippen molar-refractivity contribution in [3.8, 4) is 66.1 Å². The fourth-order valence-corrected chi connectivity index (χ4v) is 8.85. The van der Waals surface area contributed by atoms with E-state index in [0.29, 0.717) is 17.2 Å². The van der Waals surface area contributed by atoms with Gasteiger partial charge in [-0.05, 0) is 88.5 Å². The van der Waals surface area contributed by atoms with Crippen LogP contribution in [0, 0.1) is 0 Å². The maximum Gasteiger partial charge on any atom is 0.227 e. The molecule has 4 heterocycles. The van der Waals surface area contributed by atoms with Gasteiger partial charge in [0.25, 0.3) is 0 Å². The van der Waals surface area contributed by atoms with Crippen molar-refractivity contribution in [2.75, 3.05) is 4.90 Å². The summed E-state index contributed by atoms with van der Waals surface area (Å²) in [6.07, 6.45) is 1.77. The van der Waals surface area contributed by atoms with E-state index in [0.717, 1.165) is 76.9 Å². The van der Waals surface area contributed by atoms with Gasteiger partial charge in [-0.1, -0.05) is 127 Å². The third-order valence-corrected chi connectivity index (χ3v) is 11.7. The van der Waals surface area contributed by atoms with Gasteiger partial charge in [0.15, 0.2) is 23.0 Å². The molecule has 0 fully saturated rings. The van der Waals surface area contributed by atoms with Crippen molar-refractivity contribution in [2.24, 2.45) is 0 Å². The number of para-hydroxylation sites is 3. The molecule has 5 nitrogen and oxygen atoms in total. The molecule has 0 saturated carbocycles. The largest absolute Gasteiger partial charge is 0.448 e. The van der Waals surface area contributed by atoms with Crippen LogP contribution >= 0.6 is 11.3 Å². The molecule has 6 heteroatoms. The molecule has 57 heavy (non-hydrogen) atoms. The summed E-state index contributed by atoms with van der Waals surface area (Å²) in [6, 6.07) is 65.1. The standard InChI is InChI=1S/C51H32N2O3S/c1-3-11-33(12-4-1)34-20-26-38(27-21-34)53(39-28-22-35(23-29-39)41-15-9-16-42-43-17-10-32-52-51(43)56-46(41)42)40-30-24-37(25-31-40)50-48-47(49(57-50)36-13-5-2-6-14-36)54-44-18-7-8-19-45(44)55-48/h1-32H. The number of rotatable bonds is 7. The molecule has 0 saturated heterocycles. The Morgan fingerprint density at radius 2 is 0.895 bits per heavy atom. The fourth-order valence-electron chi connectivity index (χ4n) is 7.69. The quantitative estimate of drug-likeness (QED) is 0.162. The van der Waals surface area contributed by atoms with Crippen LogP contribution in [-0.2, 0) is 0 Å². The van der Waals surface area contributed by atoms with Gasteiger partial charge in [-0.25, -0.2) is 4.98 Å². The minimum atomic E-state index is 0.647. The van der Waals surface area contributed by atoms with Gasteiger partial charge in [0, 0.05) is 39.6 Å². The maximum absolute atomic E-state index is 6.59. The van der Waals surface area contributed by atoms with Gasteiger partial charge in [-0.3, -0.25) is 0 Å². The lowest BCUT2D eigenvalue weighted by Crippen LogP contribution is -2.09. The first-order valence-electron chi connectivity index (χ1n) is 18.8. The summed E-state index contributed by atoms with van der Waals surface area (Å²) in [4.78, 5) is 8.82. The summed E-state index contributed by atoms with van der Waals surface area (Å²) in [5.41, 5.74) is 11.2. The van der Waals surface area contributed by atoms with E-state index < -0.39 is 0 Å². The Hall–Kier alpha value is -7.41. The number of hydrogen-bond donors (Lipinski definition) is 0. The molecule has 7 aromatic carbocycles. The molecule has 0 amide bonds. The molecule has 1 aliphatic heterocycles. The topological polar surface area (TPSA) is 47.7 Å². The monoisotopic (exact) mass is 752 g/mol. The van der Waals surface area contributed by atoms with Crippen LogP contribution in [0.4, 0.5) is 17.1 Å². The van der Waals surface area contributed by atoms with Crippen LogP contribution in [0.2, 0.25) is 0 Å². The van der Waals surface area contributed by atoms with Crippen LogP contribution in [-0.4, -0.2) is 4.98 Å². The van der Waals surface area contributed by atoms with Gasteiger partial charge in [0.1, 0.15) is 5.58 Å². The second-order valence-electron chi connectivity index (χ2n) is 13.9. The van der Waals surface area contributed by atoms with Crippen LogP contribution in [0.25, 0.3) is 65.2 Å². The van der Waals surface area contributed by atoms with E-state index in [1.807, 2.05) is 42.5 Å². The van der Waals surface area contributed by atoms with Crippen LogP contribution in [0.3, 0.4) is 0 Å². The second-order valence-corrected chi connectivity index (χ2v) is 14.9. The van der Waals surface area contributed by atoms with Crippen LogP contribution in [0.5, 0.6) is 23.0 Å². The van der Waals surface area contributed by atoms with Crippen molar-refractivity contribution in [3.63, 3.8) is 0 Å². The summed E-state index contributed by atoms with van der Waals surface area (Å²) in [5.74, 6) is 2.92. The Labute approximate surface area is 333 Å². The average molecular weight is 753 g/mol. The number of ether oxygens (including phenoxy) is 2. The highest BCUT2D eigenvalue weighted by Crippen LogP contribution is 2.58.